The average molecular weight is 421 g/mol. The second-order valence-corrected chi connectivity index (χ2v) is 6.60. The standard InChI is InChI=1S/C19H15F4N5O2/c1-9-5-11(7-24)8-26-15(9)16(29)27-12-3-4-14(20)13(6-12)18(21)10(2)30-19(22,23)17(25)28-18/h3-6,8,10H,1-2H3,(H2,25,28)(H,27,29). The fourth-order valence-electron chi connectivity index (χ4n) is 2.91. The minimum atomic E-state index is -3.99. The molecule has 2 aromatic rings. The summed E-state index contributed by atoms with van der Waals surface area (Å²) >= 11 is 0. The predicted octanol–water partition coefficient (Wildman–Crippen LogP) is 3.14. The Bertz CT molecular complexity index is 1100. The summed E-state index contributed by atoms with van der Waals surface area (Å²) in [7, 11) is 0. The molecule has 2 heterocycles. The Morgan fingerprint density at radius 1 is 1.33 bits per heavy atom. The van der Waals surface area contributed by atoms with Crippen LogP contribution in [0.4, 0.5) is 23.2 Å². The summed E-state index contributed by atoms with van der Waals surface area (Å²) in [4.78, 5) is 19.5. The van der Waals surface area contributed by atoms with Crippen LogP contribution in [0.15, 0.2) is 35.5 Å². The number of rotatable bonds is 3. The summed E-state index contributed by atoms with van der Waals surface area (Å²) in [6.07, 6.45) is -4.66. The number of hydrogen-bond donors (Lipinski definition) is 2. The lowest BCUT2D eigenvalue weighted by Gasteiger charge is -2.36. The summed E-state index contributed by atoms with van der Waals surface area (Å²) in [6, 6.07) is 6.24. The van der Waals surface area contributed by atoms with Crippen molar-refractivity contribution in [3.63, 3.8) is 0 Å². The quantitative estimate of drug-likeness (QED) is 0.584. The van der Waals surface area contributed by atoms with Gasteiger partial charge >= 0.3 is 6.11 Å². The third-order valence-electron chi connectivity index (χ3n) is 4.47. The van der Waals surface area contributed by atoms with E-state index in [4.69, 9.17) is 11.0 Å². The van der Waals surface area contributed by atoms with Gasteiger partial charge in [0.1, 0.15) is 23.7 Å². The molecule has 1 aliphatic rings. The number of hydrogen-bond acceptors (Lipinski definition) is 6. The number of benzene rings is 1. The van der Waals surface area contributed by atoms with Gasteiger partial charge in [0, 0.05) is 11.9 Å². The van der Waals surface area contributed by atoms with E-state index in [1.165, 1.54) is 12.3 Å². The fraction of sp³-hybridized carbons (Fsp3) is 0.263. The molecule has 0 bridgehead atoms. The molecule has 7 nitrogen and oxygen atoms in total. The topological polar surface area (TPSA) is 113 Å². The molecule has 2 atom stereocenters. The maximum atomic E-state index is 15.4. The second kappa shape index (κ2) is 7.38. The van der Waals surface area contributed by atoms with Crippen LogP contribution >= 0.6 is 0 Å². The van der Waals surface area contributed by atoms with Gasteiger partial charge in [-0.05, 0) is 43.7 Å². The molecule has 156 valence electrons. The molecule has 0 fully saturated rings. The van der Waals surface area contributed by atoms with Crippen molar-refractivity contribution in [2.45, 2.75) is 31.9 Å². The number of alkyl halides is 3. The molecular weight excluding hydrogens is 406 g/mol. The number of nitrogens with one attached hydrogen (secondary N) is 1. The van der Waals surface area contributed by atoms with Crippen LogP contribution in [0.3, 0.4) is 0 Å². The molecule has 1 aromatic carbocycles. The van der Waals surface area contributed by atoms with Gasteiger partial charge in [0.15, 0.2) is 5.84 Å². The van der Waals surface area contributed by atoms with Crippen molar-refractivity contribution in [3.8, 4) is 6.07 Å². The van der Waals surface area contributed by atoms with Crippen LogP contribution < -0.4 is 11.1 Å². The maximum Gasteiger partial charge on any atom is 0.415 e. The van der Waals surface area contributed by atoms with E-state index in [0.29, 0.717) is 5.56 Å². The lowest BCUT2D eigenvalue weighted by Crippen LogP contribution is -2.52. The lowest BCUT2D eigenvalue weighted by atomic mass is 9.97. The molecule has 0 saturated heterocycles. The number of aliphatic imine (C=N–C) groups is 1. The van der Waals surface area contributed by atoms with Crippen molar-refractivity contribution < 1.29 is 27.1 Å². The zero-order valence-electron chi connectivity index (χ0n) is 15.7. The molecule has 0 spiro atoms. The molecule has 0 radical (unpaired) electrons. The van der Waals surface area contributed by atoms with Gasteiger partial charge in [-0.25, -0.2) is 18.8 Å². The Morgan fingerprint density at radius 2 is 2.03 bits per heavy atom. The first-order chi connectivity index (χ1) is 14.0. The number of aryl methyl sites for hydroxylation is 1. The zero-order valence-corrected chi connectivity index (χ0v) is 15.7. The van der Waals surface area contributed by atoms with E-state index in [9.17, 15) is 18.0 Å². The minimum Gasteiger partial charge on any atom is -0.380 e. The Labute approximate surface area is 168 Å². The van der Waals surface area contributed by atoms with Gasteiger partial charge in [-0.2, -0.15) is 14.0 Å². The van der Waals surface area contributed by atoms with Crippen molar-refractivity contribution >= 4 is 17.4 Å². The van der Waals surface area contributed by atoms with Crippen LogP contribution in [0.25, 0.3) is 0 Å². The number of aromatic nitrogens is 1. The summed E-state index contributed by atoms with van der Waals surface area (Å²) in [6.45, 7) is 2.52. The van der Waals surface area contributed by atoms with Crippen LogP contribution in [0.2, 0.25) is 0 Å². The van der Waals surface area contributed by atoms with Gasteiger partial charge < -0.3 is 15.8 Å². The van der Waals surface area contributed by atoms with Gasteiger partial charge in [0.05, 0.1) is 11.1 Å². The first-order valence-corrected chi connectivity index (χ1v) is 8.56. The normalized spacial score (nSPS) is 22.7. The monoisotopic (exact) mass is 421 g/mol. The molecule has 30 heavy (non-hydrogen) atoms. The van der Waals surface area contributed by atoms with E-state index in [0.717, 1.165) is 25.1 Å². The summed E-state index contributed by atoms with van der Waals surface area (Å²) in [5.41, 5.74) is 4.95. The van der Waals surface area contributed by atoms with E-state index in [2.05, 4.69) is 20.0 Å². The zero-order chi connectivity index (χ0) is 22.3. The first kappa shape index (κ1) is 21.2. The highest BCUT2D eigenvalue weighted by Gasteiger charge is 2.53. The van der Waals surface area contributed by atoms with Crippen molar-refractivity contribution in [1.82, 2.24) is 4.98 Å². The van der Waals surface area contributed by atoms with E-state index in [1.807, 2.05) is 6.07 Å². The van der Waals surface area contributed by atoms with Crippen LogP contribution in [0, 0.1) is 24.1 Å². The Kier molecular flexibility index (Phi) is 5.22. The minimum absolute atomic E-state index is 0.00823. The molecule has 3 N–H and O–H groups in total. The van der Waals surface area contributed by atoms with E-state index in [-0.39, 0.29) is 16.9 Å². The molecule has 1 aromatic heterocycles. The second-order valence-electron chi connectivity index (χ2n) is 6.60. The van der Waals surface area contributed by atoms with Gasteiger partial charge in [-0.1, -0.05) is 0 Å². The average Bonchev–Trinajstić information content (AvgIpc) is 2.67. The Hall–Kier alpha value is -3.52. The van der Waals surface area contributed by atoms with Crippen molar-refractivity contribution in [2.24, 2.45) is 10.7 Å². The highest BCUT2D eigenvalue weighted by Crippen LogP contribution is 2.42. The number of amidine groups is 1. The number of nitrogens with two attached hydrogens (primary N) is 1. The SMILES string of the molecule is Cc1cc(C#N)cnc1C(=O)Nc1ccc(F)c(C2(F)N=C(N)C(F)(F)OC2C)c1. The predicted molar refractivity (Wildman–Crippen MR) is 97.9 cm³/mol. The van der Waals surface area contributed by atoms with Crippen LogP contribution in [-0.4, -0.2) is 28.9 Å². The summed E-state index contributed by atoms with van der Waals surface area (Å²) < 4.78 is 61.1. The van der Waals surface area contributed by atoms with Gasteiger partial charge in [-0.3, -0.25) is 4.79 Å². The largest absolute Gasteiger partial charge is 0.415 e. The van der Waals surface area contributed by atoms with Gasteiger partial charge in [-0.15, -0.1) is 0 Å². The number of amides is 1. The third-order valence-corrected chi connectivity index (χ3v) is 4.47. The number of halogens is 4. The molecule has 1 aliphatic heterocycles. The number of pyridine rings is 1. The van der Waals surface area contributed by atoms with Crippen LogP contribution in [-0.2, 0) is 10.5 Å². The number of ether oxygens (including phenoxy) is 1. The Morgan fingerprint density at radius 3 is 2.67 bits per heavy atom. The molecule has 3 rings (SSSR count). The number of carbonyl (C=O) groups is 1. The molecule has 2 unspecified atom stereocenters. The number of carbonyl (C=O) groups excluding carboxylic acids is 1. The maximum absolute atomic E-state index is 15.4. The number of nitrogens with zero attached hydrogens (tertiary/aromatic N) is 3. The number of anilines is 1. The molecule has 11 heteroatoms. The van der Waals surface area contributed by atoms with E-state index < -0.39 is 41.1 Å². The highest BCUT2D eigenvalue weighted by molar-refractivity contribution is 6.03. The lowest BCUT2D eigenvalue weighted by molar-refractivity contribution is -0.248. The number of nitriles is 1. The molecule has 1 amide bonds. The Balaban J connectivity index is 1.96. The van der Waals surface area contributed by atoms with Crippen LogP contribution in [0.1, 0.15) is 34.1 Å². The van der Waals surface area contributed by atoms with Gasteiger partial charge in [0.25, 0.3) is 11.7 Å². The third kappa shape index (κ3) is 3.69. The van der Waals surface area contributed by atoms with E-state index >= 15 is 4.39 Å². The fourth-order valence-corrected chi connectivity index (χ4v) is 2.91. The summed E-state index contributed by atoms with van der Waals surface area (Å²) in [5, 5.41) is 11.3. The van der Waals surface area contributed by atoms with E-state index in [1.54, 1.807) is 6.92 Å². The molecule has 0 saturated carbocycles. The summed E-state index contributed by atoms with van der Waals surface area (Å²) in [5.74, 6) is -6.28. The molecular formula is C19H15F4N5O2. The first-order valence-electron chi connectivity index (χ1n) is 8.56. The van der Waals surface area contributed by atoms with Crippen LogP contribution in [0.5, 0.6) is 0 Å². The van der Waals surface area contributed by atoms with Crippen molar-refractivity contribution in [2.75, 3.05) is 5.32 Å². The van der Waals surface area contributed by atoms with Crippen molar-refractivity contribution in [3.05, 3.63) is 58.7 Å². The van der Waals surface area contributed by atoms with Crippen molar-refractivity contribution in [1.29, 1.82) is 5.26 Å². The highest BCUT2D eigenvalue weighted by atomic mass is 19.3. The smallest absolute Gasteiger partial charge is 0.380 e. The van der Waals surface area contributed by atoms with Gasteiger partial charge in [0.2, 0.25) is 0 Å². The molecule has 0 aliphatic carbocycles.